The molecule has 0 spiro atoms. The third-order valence-corrected chi connectivity index (χ3v) is 4.04. The number of nitrogens with one attached hydrogen (secondary N) is 1. The van der Waals surface area contributed by atoms with Crippen molar-refractivity contribution < 1.29 is 4.74 Å². The lowest BCUT2D eigenvalue weighted by molar-refractivity contribution is 0.412. The topological polar surface area (TPSA) is 21.3 Å². The van der Waals surface area contributed by atoms with Gasteiger partial charge < -0.3 is 10.1 Å². The highest BCUT2D eigenvalue weighted by Gasteiger charge is 2.10. The molecule has 1 unspecified atom stereocenters. The second kappa shape index (κ2) is 7.00. The molecule has 2 aromatic rings. The third kappa shape index (κ3) is 3.68. The van der Waals surface area contributed by atoms with Gasteiger partial charge in [0.05, 0.1) is 17.6 Å². The van der Waals surface area contributed by atoms with Gasteiger partial charge in [0.25, 0.3) is 0 Å². The Labute approximate surface area is 133 Å². The molecule has 0 radical (unpaired) electrons. The summed E-state index contributed by atoms with van der Waals surface area (Å²) in [5, 5.41) is 4.27. The number of hydrogen-bond donors (Lipinski definition) is 1. The molecule has 2 rings (SSSR count). The molecule has 4 heteroatoms. The minimum Gasteiger partial charge on any atom is -0.495 e. The summed E-state index contributed by atoms with van der Waals surface area (Å²) in [4.78, 5) is 0. The first-order valence-corrected chi connectivity index (χ1v) is 7.66. The largest absolute Gasteiger partial charge is 0.495 e. The van der Waals surface area contributed by atoms with Gasteiger partial charge in [-0.3, -0.25) is 0 Å². The van der Waals surface area contributed by atoms with E-state index in [-0.39, 0.29) is 6.04 Å². The highest BCUT2D eigenvalue weighted by molar-refractivity contribution is 9.10. The monoisotopic (exact) mass is 353 g/mol. The van der Waals surface area contributed by atoms with Crippen LogP contribution in [0.3, 0.4) is 0 Å². The van der Waals surface area contributed by atoms with Crippen LogP contribution in [0.2, 0.25) is 5.02 Å². The van der Waals surface area contributed by atoms with Crippen molar-refractivity contribution in [1.29, 1.82) is 0 Å². The molecule has 0 saturated heterocycles. The van der Waals surface area contributed by atoms with Crippen LogP contribution >= 0.6 is 27.5 Å². The van der Waals surface area contributed by atoms with Crippen molar-refractivity contribution >= 4 is 33.2 Å². The number of anilines is 1. The lowest BCUT2D eigenvalue weighted by Crippen LogP contribution is -2.09. The molecule has 20 heavy (non-hydrogen) atoms. The van der Waals surface area contributed by atoms with Gasteiger partial charge in [-0.05, 0) is 52.2 Å². The molecule has 0 saturated carbocycles. The lowest BCUT2D eigenvalue weighted by atomic mass is 10.0. The second-order valence-electron chi connectivity index (χ2n) is 4.51. The van der Waals surface area contributed by atoms with Crippen LogP contribution in [0.25, 0.3) is 0 Å². The van der Waals surface area contributed by atoms with Gasteiger partial charge in [0.15, 0.2) is 0 Å². The van der Waals surface area contributed by atoms with Crippen molar-refractivity contribution in [3.05, 3.63) is 57.5 Å². The van der Waals surface area contributed by atoms with Gasteiger partial charge in [0.1, 0.15) is 5.75 Å². The van der Waals surface area contributed by atoms with Gasteiger partial charge in [0.2, 0.25) is 0 Å². The van der Waals surface area contributed by atoms with Crippen LogP contribution in [0.1, 0.15) is 24.9 Å². The summed E-state index contributed by atoms with van der Waals surface area (Å²) in [7, 11) is 1.66. The van der Waals surface area contributed by atoms with E-state index in [9.17, 15) is 0 Å². The highest BCUT2D eigenvalue weighted by Crippen LogP contribution is 2.31. The first-order valence-electron chi connectivity index (χ1n) is 6.49. The summed E-state index contributed by atoms with van der Waals surface area (Å²) in [6, 6.07) is 14.2. The normalized spacial score (nSPS) is 12.0. The van der Waals surface area contributed by atoms with Crippen LogP contribution in [0.4, 0.5) is 5.69 Å². The third-order valence-electron chi connectivity index (χ3n) is 3.15. The standard InChI is InChI=1S/C16H17BrClNO/c1-3-15(11-5-4-6-12(18)9-11)19-13-7-8-14(17)16(10-13)20-2/h4-10,15,19H,3H2,1-2H3. The molecular weight excluding hydrogens is 338 g/mol. The maximum Gasteiger partial charge on any atom is 0.135 e. The Morgan fingerprint density at radius 2 is 2.05 bits per heavy atom. The van der Waals surface area contributed by atoms with E-state index in [1.54, 1.807) is 7.11 Å². The summed E-state index contributed by atoms with van der Waals surface area (Å²) >= 11 is 9.52. The molecule has 1 N–H and O–H groups in total. The molecule has 2 aromatic carbocycles. The van der Waals surface area contributed by atoms with Crippen molar-refractivity contribution in [3.8, 4) is 5.75 Å². The molecule has 0 aromatic heterocycles. The van der Waals surface area contributed by atoms with Crippen molar-refractivity contribution in [2.45, 2.75) is 19.4 Å². The molecule has 0 heterocycles. The molecule has 0 bridgehead atoms. The van der Waals surface area contributed by atoms with Gasteiger partial charge in [0, 0.05) is 16.8 Å². The zero-order valence-corrected chi connectivity index (χ0v) is 13.8. The Morgan fingerprint density at radius 1 is 1.25 bits per heavy atom. The molecule has 0 amide bonds. The van der Waals surface area contributed by atoms with E-state index >= 15 is 0 Å². The van der Waals surface area contributed by atoms with E-state index in [1.165, 1.54) is 5.56 Å². The average molecular weight is 355 g/mol. The van der Waals surface area contributed by atoms with Crippen molar-refractivity contribution in [2.75, 3.05) is 12.4 Å². The Hall–Kier alpha value is -1.19. The minimum absolute atomic E-state index is 0.222. The van der Waals surface area contributed by atoms with Crippen molar-refractivity contribution in [1.82, 2.24) is 0 Å². The Kier molecular flexibility index (Phi) is 5.32. The lowest BCUT2D eigenvalue weighted by Gasteiger charge is -2.19. The van der Waals surface area contributed by atoms with Crippen LogP contribution in [-0.2, 0) is 0 Å². The predicted molar refractivity (Wildman–Crippen MR) is 88.8 cm³/mol. The van der Waals surface area contributed by atoms with Crippen LogP contribution in [0.5, 0.6) is 5.75 Å². The van der Waals surface area contributed by atoms with Crippen molar-refractivity contribution in [2.24, 2.45) is 0 Å². The number of hydrogen-bond acceptors (Lipinski definition) is 2. The van der Waals surface area contributed by atoms with Gasteiger partial charge in [-0.15, -0.1) is 0 Å². The Bertz CT molecular complexity index is 588. The first-order chi connectivity index (χ1) is 9.63. The number of ether oxygens (including phenoxy) is 1. The molecular formula is C16H17BrClNO. The highest BCUT2D eigenvalue weighted by atomic mass is 79.9. The van der Waals surface area contributed by atoms with Crippen LogP contribution in [0.15, 0.2) is 46.9 Å². The SMILES string of the molecule is CCC(Nc1ccc(Br)c(OC)c1)c1cccc(Cl)c1. The molecule has 0 aliphatic carbocycles. The summed E-state index contributed by atoms with van der Waals surface area (Å²) in [6.45, 7) is 2.15. The average Bonchev–Trinajstić information content (AvgIpc) is 2.46. The van der Waals surface area contributed by atoms with Crippen LogP contribution < -0.4 is 10.1 Å². The van der Waals surface area contributed by atoms with Gasteiger partial charge in [-0.1, -0.05) is 30.7 Å². The van der Waals surface area contributed by atoms with E-state index in [1.807, 2.05) is 36.4 Å². The maximum atomic E-state index is 6.06. The quantitative estimate of drug-likeness (QED) is 0.746. The second-order valence-corrected chi connectivity index (χ2v) is 5.80. The molecule has 0 aliphatic rings. The number of halogens is 2. The van der Waals surface area contributed by atoms with Gasteiger partial charge in [-0.25, -0.2) is 0 Å². The minimum atomic E-state index is 0.222. The van der Waals surface area contributed by atoms with Crippen LogP contribution in [0, 0.1) is 0 Å². The fraction of sp³-hybridized carbons (Fsp3) is 0.250. The Morgan fingerprint density at radius 3 is 2.70 bits per heavy atom. The summed E-state index contributed by atoms with van der Waals surface area (Å²) in [5.41, 5.74) is 2.21. The van der Waals surface area contributed by atoms with Gasteiger partial charge >= 0.3 is 0 Å². The Balaban J connectivity index is 2.22. The smallest absolute Gasteiger partial charge is 0.135 e. The van der Waals surface area contributed by atoms with E-state index in [0.29, 0.717) is 0 Å². The summed E-state index contributed by atoms with van der Waals surface area (Å²) in [5.74, 6) is 0.816. The predicted octanol–water partition coefficient (Wildman–Crippen LogP) is 5.67. The molecule has 1 atom stereocenters. The zero-order chi connectivity index (χ0) is 14.5. The summed E-state index contributed by atoms with van der Waals surface area (Å²) < 4.78 is 6.26. The molecule has 0 fully saturated rings. The number of rotatable bonds is 5. The van der Waals surface area contributed by atoms with E-state index in [2.05, 4.69) is 34.2 Å². The van der Waals surface area contributed by atoms with Crippen molar-refractivity contribution in [3.63, 3.8) is 0 Å². The fourth-order valence-electron chi connectivity index (χ4n) is 2.10. The van der Waals surface area contributed by atoms with Gasteiger partial charge in [-0.2, -0.15) is 0 Å². The molecule has 0 aliphatic heterocycles. The summed E-state index contributed by atoms with van der Waals surface area (Å²) in [6.07, 6.45) is 0.971. The maximum absolute atomic E-state index is 6.06. The van der Waals surface area contributed by atoms with E-state index < -0.39 is 0 Å². The zero-order valence-electron chi connectivity index (χ0n) is 11.5. The molecule has 106 valence electrons. The number of benzene rings is 2. The van der Waals surface area contributed by atoms with Crippen LogP contribution in [-0.4, -0.2) is 7.11 Å². The van der Waals surface area contributed by atoms with E-state index in [4.69, 9.17) is 16.3 Å². The molecule has 2 nitrogen and oxygen atoms in total. The fourth-order valence-corrected chi connectivity index (χ4v) is 2.70. The first kappa shape index (κ1) is 15.2. The van der Waals surface area contributed by atoms with E-state index in [0.717, 1.165) is 27.4 Å². The number of methoxy groups -OCH3 is 1.